The molecule has 5 nitrogen and oxygen atoms in total. The van der Waals surface area contributed by atoms with Crippen molar-refractivity contribution in [2.45, 2.75) is 50.0 Å². The largest absolute Gasteiger partial charge is 0.455 e. The maximum atomic E-state index is 12.7. The molecule has 2 aliphatic heterocycles. The summed E-state index contributed by atoms with van der Waals surface area (Å²) in [6.45, 7) is 0. The molecule has 0 radical (unpaired) electrons. The van der Waals surface area contributed by atoms with Crippen molar-refractivity contribution in [1.29, 1.82) is 0 Å². The van der Waals surface area contributed by atoms with Gasteiger partial charge in [0.1, 0.15) is 12.2 Å². The smallest absolute Gasteiger partial charge is 0.338 e. The van der Waals surface area contributed by atoms with Gasteiger partial charge in [0.25, 0.3) is 0 Å². The minimum atomic E-state index is -0.419. The van der Waals surface area contributed by atoms with Gasteiger partial charge in [-0.1, -0.05) is 36.4 Å². The summed E-state index contributed by atoms with van der Waals surface area (Å²) in [6, 6.07) is 19.0. The van der Waals surface area contributed by atoms with E-state index < -0.39 is 12.2 Å². The Balaban J connectivity index is 1.35. The van der Waals surface area contributed by atoms with E-state index in [0.29, 0.717) is 35.0 Å². The Morgan fingerprint density at radius 3 is 1.52 bits per heavy atom. The van der Waals surface area contributed by atoms with E-state index in [2.05, 4.69) is 5.32 Å². The molecule has 6 unspecified atom stereocenters. The number of carbonyl (C=O) groups excluding carboxylic acids is 2. The number of benzene rings is 2. The van der Waals surface area contributed by atoms with Crippen molar-refractivity contribution >= 4 is 11.9 Å². The summed E-state index contributed by atoms with van der Waals surface area (Å²) >= 11 is 0. The van der Waals surface area contributed by atoms with Gasteiger partial charge in [0.15, 0.2) is 0 Å². The van der Waals surface area contributed by atoms with Crippen molar-refractivity contribution in [3.05, 3.63) is 71.8 Å². The zero-order valence-electron chi connectivity index (χ0n) is 16.2. The third-order valence-electron chi connectivity index (χ3n) is 6.76. The Hall–Kier alpha value is -2.66. The molecule has 1 N–H and O–H groups in total. The molecule has 150 valence electrons. The van der Waals surface area contributed by atoms with Gasteiger partial charge in [-0.3, -0.25) is 0 Å². The summed E-state index contributed by atoms with van der Waals surface area (Å²) in [5, 5.41) is 3.70. The van der Waals surface area contributed by atoms with Crippen LogP contribution in [0.3, 0.4) is 0 Å². The van der Waals surface area contributed by atoms with Crippen LogP contribution in [0, 0.1) is 11.8 Å². The number of hydrogen-bond donors (Lipinski definition) is 1. The average Bonchev–Trinajstić information content (AvgIpc) is 3.37. The molecule has 2 aromatic rings. The molecule has 6 atom stereocenters. The van der Waals surface area contributed by atoms with E-state index in [9.17, 15) is 9.59 Å². The highest BCUT2D eigenvalue weighted by atomic mass is 16.6. The highest BCUT2D eigenvalue weighted by Crippen LogP contribution is 2.47. The predicted molar refractivity (Wildman–Crippen MR) is 107 cm³/mol. The van der Waals surface area contributed by atoms with Gasteiger partial charge in [-0.2, -0.15) is 0 Å². The molecule has 2 saturated heterocycles. The topological polar surface area (TPSA) is 64.6 Å². The van der Waals surface area contributed by atoms with Gasteiger partial charge in [0.2, 0.25) is 0 Å². The van der Waals surface area contributed by atoms with Crippen LogP contribution in [0.5, 0.6) is 0 Å². The van der Waals surface area contributed by atoms with Crippen LogP contribution >= 0.6 is 0 Å². The monoisotopic (exact) mass is 391 g/mol. The third-order valence-corrected chi connectivity index (χ3v) is 6.76. The lowest BCUT2D eigenvalue weighted by Gasteiger charge is -2.41. The van der Waals surface area contributed by atoms with Crippen LogP contribution in [0.25, 0.3) is 0 Å². The van der Waals surface area contributed by atoms with Gasteiger partial charge in [0.05, 0.1) is 11.1 Å². The first-order valence-electron chi connectivity index (χ1n) is 10.5. The Morgan fingerprint density at radius 1 is 0.690 bits per heavy atom. The summed E-state index contributed by atoms with van der Waals surface area (Å²) in [4.78, 5) is 25.4. The van der Waals surface area contributed by atoms with Crippen LogP contribution in [0.2, 0.25) is 0 Å². The van der Waals surface area contributed by atoms with Crippen molar-refractivity contribution in [2.24, 2.45) is 11.8 Å². The quantitative estimate of drug-likeness (QED) is 0.807. The lowest BCUT2D eigenvalue weighted by molar-refractivity contribution is -0.0758. The first-order valence-corrected chi connectivity index (χ1v) is 10.5. The number of ether oxygens (including phenoxy) is 2. The van der Waals surface area contributed by atoms with E-state index in [1.807, 2.05) is 36.4 Å². The third kappa shape index (κ3) is 3.55. The maximum Gasteiger partial charge on any atom is 0.338 e. The number of fused-ring (bicyclic) bond motifs is 5. The average molecular weight is 391 g/mol. The van der Waals surface area contributed by atoms with E-state index in [1.54, 1.807) is 24.3 Å². The standard InChI is InChI=1S/C24H25NO4/c26-23(15-7-3-1-4-8-15)28-21-13-17-18(20-12-11-19(17)25-20)14-22(21)29-24(27)16-9-5-2-6-10-16/h1-10,17-22,25H,11-14H2. The van der Waals surface area contributed by atoms with Crippen molar-refractivity contribution in [3.8, 4) is 0 Å². The summed E-state index contributed by atoms with van der Waals surface area (Å²) in [6.07, 6.45) is 3.00. The van der Waals surface area contributed by atoms with Crippen LogP contribution in [0.15, 0.2) is 60.7 Å². The molecule has 5 heteroatoms. The molecular formula is C24H25NO4. The van der Waals surface area contributed by atoms with Crippen LogP contribution < -0.4 is 5.32 Å². The second-order valence-electron chi connectivity index (χ2n) is 8.38. The molecule has 1 saturated carbocycles. The lowest BCUT2D eigenvalue weighted by Crippen LogP contribution is -2.47. The molecule has 2 aromatic carbocycles. The zero-order chi connectivity index (χ0) is 19.8. The van der Waals surface area contributed by atoms with Crippen molar-refractivity contribution < 1.29 is 19.1 Å². The molecule has 0 spiro atoms. The minimum Gasteiger partial charge on any atom is -0.455 e. The molecular weight excluding hydrogens is 366 g/mol. The predicted octanol–water partition coefficient (Wildman–Crippen LogP) is 3.60. The van der Waals surface area contributed by atoms with Crippen LogP contribution in [0.1, 0.15) is 46.4 Å². The minimum absolute atomic E-state index is 0.356. The molecule has 3 fully saturated rings. The van der Waals surface area contributed by atoms with E-state index >= 15 is 0 Å². The van der Waals surface area contributed by atoms with Crippen LogP contribution in [-0.4, -0.2) is 36.2 Å². The summed E-state index contributed by atoms with van der Waals surface area (Å²) in [7, 11) is 0. The second-order valence-corrected chi connectivity index (χ2v) is 8.38. The Kier molecular flexibility index (Phi) is 4.84. The zero-order valence-corrected chi connectivity index (χ0v) is 16.2. The summed E-state index contributed by atoms with van der Waals surface area (Å²) < 4.78 is 11.8. The van der Waals surface area contributed by atoms with Crippen LogP contribution in [-0.2, 0) is 9.47 Å². The van der Waals surface area contributed by atoms with Crippen LogP contribution in [0.4, 0.5) is 0 Å². The van der Waals surface area contributed by atoms with E-state index in [1.165, 1.54) is 12.8 Å². The molecule has 2 heterocycles. The molecule has 3 aliphatic rings. The molecule has 5 rings (SSSR count). The molecule has 2 bridgehead atoms. The Labute approximate surface area is 170 Å². The summed E-state index contributed by atoms with van der Waals surface area (Å²) in [5.74, 6) is 0.250. The summed E-state index contributed by atoms with van der Waals surface area (Å²) in [5.41, 5.74) is 1.04. The Morgan fingerprint density at radius 2 is 1.10 bits per heavy atom. The molecule has 1 aliphatic carbocycles. The fourth-order valence-electron chi connectivity index (χ4n) is 5.40. The Bertz CT molecular complexity index is 811. The number of nitrogens with one attached hydrogen (secondary N) is 1. The number of rotatable bonds is 4. The fourth-order valence-corrected chi connectivity index (χ4v) is 5.40. The van der Waals surface area contributed by atoms with Gasteiger partial charge in [-0.05, 0) is 61.8 Å². The number of carbonyl (C=O) groups is 2. The van der Waals surface area contributed by atoms with Gasteiger partial charge >= 0.3 is 11.9 Å². The van der Waals surface area contributed by atoms with Gasteiger partial charge < -0.3 is 14.8 Å². The SMILES string of the molecule is O=C(OC1CC2C3CCC(N3)C2CC1OC(=O)c1ccccc1)c1ccccc1. The highest BCUT2D eigenvalue weighted by Gasteiger charge is 2.53. The molecule has 29 heavy (non-hydrogen) atoms. The number of esters is 2. The van der Waals surface area contributed by atoms with E-state index in [4.69, 9.17) is 9.47 Å². The van der Waals surface area contributed by atoms with Crippen molar-refractivity contribution in [1.82, 2.24) is 5.32 Å². The van der Waals surface area contributed by atoms with Gasteiger partial charge in [-0.15, -0.1) is 0 Å². The first-order chi connectivity index (χ1) is 14.2. The normalized spacial score (nSPS) is 32.4. The first kappa shape index (κ1) is 18.4. The fraction of sp³-hybridized carbons (Fsp3) is 0.417. The molecule has 0 amide bonds. The molecule has 0 aromatic heterocycles. The number of hydrogen-bond acceptors (Lipinski definition) is 5. The van der Waals surface area contributed by atoms with E-state index in [0.717, 1.165) is 12.8 Å². The maximum absolute atomic E-state index is 12.7. The lowest BCUT2D eigenvalue weighted by atomic mass is 9.69. The van der Waals surface area contributed by atoms with Gasteiger partial charge in [-0.25, -0.2) is 9.59 Å². The highest BCUT2D eigenvalue weighted by molar-refractivity contribution is 5.90. The van der Waals surface area contributed by atoms with Crippen molar-refractivity contribution in [3.63, 3.8) is 0 Å². The second kappa shape index (κ2) is 7.64. The van der Waals surface area contributed by atoms with Gasteiger partial charge in [0, 0.05) is 12.1 Å². The van der Waals surface area contributed by atoms with Crippen molar-refractivity contribution in [2.75, 3.05) is 0 Å². The van der Waals surface area contributed by atoms with E-state index in [-0.39, 0.29) is 11.9 Å².